The number of alkyl halides is 7. The molecule has 2 rings (SSSR count). The maximum Gasteiger partial charge on any atom is 0.460 e. The summed E-state index contributed by atoms with van der Waals surface area (Å²) in [6.07, 6.45) is -6.61. The lowest BCUT2D eigenvalue weighted by Crippen LogP contribution is -2.57. The van der Waals surface area contributed by atoms with E-state index in [1.165, 1.54) is 17.4 Å². The van der Waals surface area contributed by atoms with Crippen LogP contribution in [0.15, 0.2) is 53.6 Å². The fraction of sp³-hybridized carbons (Fsp3) is 0.211. The van der Waals surface area contributed by atoms with Crippen molar-refractivity contribution in [2.45, 2.75) is 24.9 Å². The average Bonchev–Trinajstić information content (AvgIpc) is 2.73. The molecule has 14 heteroatoms. The van der Waals surface area contributed by atoms with Gasteiger partial charge in [-0.1, -0.05) is 23.7 Å². The second-order valence-corrected chi connectivity index (χ2v) is 7.29. The van der Waals surface area contributed by atoms with Crippen LogP contribution in [-0.4, -0.2) is 34.8 Å². The number of nitrogens with zero attached hydrogens (tertiary/aromatic N) is 1. The smallest absolute Gasteiger partial charge is 0.331 e. The van der Waals surface area contributed by atoms with E-state index in [-0.39, 0.29) is 5.11 Å². The zero-order chi connectivity index (χ0) is 25.0. The highest BCUT2D eigenvalue weighted by atomic mass is 35.5. The van der Waals surface area contributed by atoms with Gasteiger partial charge in [-0.15, -0.1) is 0 Å². The molecule has 0 heterocycles. The molecule has 0 atom stereocenters. The van der Waals surface area contributed by atoms with E-state index in [9.17, 15) is 35.5 Å². The Morgan fingerprint density at radius 1 is 0.879 bits per heavy atom. The van der Waals surface area contributed by atoms with E-state index in [1.807, 2.05) is 0 Å². The van der Waals surface area contributed by atoms with Gasteiger partial charge in [0, 0.05) is 16.4 Å². The first kappa shape index (κ1) is 26.3. The first-order valence-electron chi connectivity index (χ1n) is 8.76. The number of benzene rings is 2. The number of hydrazone groups is 1. The second-order valence-electron chi connectivity index (χ2n) is 6.45. The summed E-state index contributed by atoms with van der Waals surface area (Å²) in [6.45, 7) is 1.55. The summed E-state index contributed by atoms with van der Waals surface area (Å²) < 4.78 is 89.3. The summed E-state index contributed by atoms with van der Waals surface area (Å²) in [5.74, 6) is -15.4. The lowest BCUT2D eigenvalue weighted by Gasteiger charge is -2.27. The van der Waals surface area contributed by atoms with Gasteiger partial charge in [-0.3, -0.25) is 10.2 Å². The number of carbonyl (C=O) groups excluding carboxylic acids is 1. The number of hydrogen-bond acceptors (Lipinski definition) is 3. The Morgan fingerprint density at radius 3 is 1.88 bits per heavy atom. The SMILES string of the molecule is C/C(=N\NC(=S)Nc1ccc(Cl)cc1)c1ccc(NC(=O)C(F)(F)C(F)(F)C(F)(F)F)cc1. The Balaban J connectivity index is 2.01. The van der Waals surface area contributed by atoms with Gasteiger partial charge in [-0.25, -0.2) is 0 Å². The normalized spacial score (nSPS) is 12.8. The van der Waals surface area contributed by atoms with Crippen LogP contribution in [-0.2, 0) is 4.79 Å². The number of hydrogen-bond donors (Lipinski definition) is 3. The predicted molar refractivity (Wildman–Crippen MR) is 114 cm³/mol. The van der Waals surface area contributed by atoms with Gasteiger partial charge in [-0.2, -0.15) is 35.8 Å². The molecule has 2 aromatic rings. The highest BCUT2D eigenvalue weighted by Gasteiger charge is 2.76. The highest BCUT2D eigenvalue weighted by molar-refractivity contribution is 7.80. The quantitative estimate of drug-likeness (QED) is 0.197. The van der Waals surface area contributed by atoms with Crippen LogP contribution in [0, 0.1) is 0 Å². The Morgan fingerprint density at radius 2 is 1.36 bits per heavy atom. The summed E-state index contributed by atoms with van der Waals surface area (Å²) >= 11 is 10.9. The molecule has 5 nitrogen and oxygen atoms in total. The minimum Gasteiger partial charge on any atom is -0.331 e. The highest BCUT2D eigenvalue weighted by Crippen LogP contribution is 2.46. The minimum absolute atomic E-state index is 0.133. The molecule has 0 aliphatic heterocycles. The maximum atomic E-state index is 13.4. The van der Waals surface area contributed by atoms with Crippen molar-refractivity contribution in [1.82, 2.24) is 5.43 Å². The number of nitrogens with one attached hydrogen (secondary N) is 3. The third kappa shape index (κ3) is 6.32. The number of carbonyl (C=O) groups is 1. The molecule has 0 spiro atoms. The van der Waals surface area contributed by atoms with Crippen molar-refractivity contribution in [2.24, 2.45) is 5.10 Å². The Labute approximate surface area is 193 Å². The van der Waals surface area contributed by atoms with Gasteiger partial charge in [0.1, 0.15) is 0 Å². The molecule has 178 valence electrons. The van der Waals surface area contributed by atoms with Crippen molar-refractivity contribution in [1.29, 1.82) is 0 Å². The van der Waals surface area contributed by atoms with Crippen LogP contribution in [0.1, 0.15) is 12.5 Å². The monoisotopic (exact) mass is 514 g/mol. The van der Waals surface area contributed by atoms with Crippen LogP contribution >= 0.6 is 23.8 Å². The lowest BCUT2D eigenvalue weighted by molar-refractivity contribution is -0.343. The van der Waals surface area contributed by atoms with Crippen LogP contribution in [0.25, 0.3) is 0 Å². The summed E-state index contributed by atoms with van der Waals surface area (Å²) in [5, 5.41) is 8.85. The van der Waals surface area contributed by atoms with Crippen molar-refractivity contribution in [3.8, 4) is 0 Å². The van der Waals surface area contributed by atoms with E-state index >= 15 is 0 Å². The zero-order valence-corrected chi connectivity index (χ0v) is 18.0. The molecule has 2 aromatic carbocycles. The first-order chi connectivity index (χ1) is 15.1. The molecule has 0 aromatic heterocycles. The van der Waals surface area contributed by atoms with Gasteiger partial charge in [0.25, 0.3) is 0 Å². The van der Waals surface area contributed by atoms with Crippen LogP contribution in [0.4, 0.5) is 42.1 Å². The molecule has 3 N–H and O–H groups in total. The molecule has 0 saturated carbocycles. The lowest BCUT2D eigenvalue weighted by atomic mass is 10.1. The third-order valence-electron chi connectivity index (χ3n) is 4.02. The fourth-order valence-corrected chi connectivity index (χ4v) is 2.51. The van der Waals surface area contributed by atoms with Gasteiger partial charge in [0.2, 0.25) is 0 Å². The van der Waals surface area contributed by atoms with Crippen LogP contribution < -0.4 is 16.1 Å². The molecule has 0 bridgehead atoms. The van der Waals surface area contributed by atoms with Gasteiger partial charge in [0.05, 0.1) is 5.71 Å². The summed E-state index contributed by atoms with van der Waals surface area (Å²) in [4.78, 5) is 11.4. The molecular formula is C19H14ClF7N4OS. The molecular weight excluding hydrogens is 501 g/mol. The molecule has 0 radical (unpaired) electrons. The van der Waals surface area contributed by atoms with E-state index < -0.39 is 29.6 Å². The van der Waals surface area contributed by atoms with Crippen molar-refractivity contribution in [3.05, 3.63) is 59.1 Å². The van der Waals surface area contributed by atoms with E-state index in [1.54, 1.807) is 31.2 Å². The van der Waals surface area contributed by atoms with Crippen LogP contribution in [0.3, 0.4) is 0 Å². The van der Waals surface area contributed by atoms with E-state index in [4.69, 9.17) is 23.8 Å². The van der Waals surface area contributed by atoms with Crippen molar-refractivity contribution in [2.75, 3.05) is 10.6 Å². The van der Waals surface area contributed by atoms with Crippen molar-refractivity contribution >= 4 is 51.9 Å². The van der Waals surface area contributed by atoms with E-state index in [0.717, 1.165) is 12.1 Å². The van der Waals surface area contributed by atoms with Gasteiger partial charge >= 0.3 is 23.9 Å². The van der Waals surface area contributed by atoms with Gasteiger partial charge in [-0.05, 0) is 61.1 Å². The van der Waals surface area contributed by atoms with Gasteiger partial charge in [0.15, 0.2) is 5.11 Å². The third-order valence-corrected chi connectivity index (χ3v) is 4.47. The fourth-order valence-electron chi connectivity index (χ4n) is 2.22. The molecule has 1 amide bonds. The summed E-state index contributed by atoms with van der Waals surface area (Å²) in [7, 11) is 0. The number of rotatable bonds is 6. The van der Waals surface area contributed by atoms with Crippen LogP contribution in [0.2, 0.25) is 5.02 Å². The van der Waals surface area contributed by atoms with E-state index in [0.29, 0.717) is 22.0 Å². The molecule has 0 aliphatic rings. The molecule has 33 heavy (non-hydrogen) atoms. The number of anilines is 2. The zero-order valence-electron chi connectivity index (χ0n) is 16.4. The van der Waals surface area contributed by atoms with Gasteiger partial charge < -0.3 is 10.6 Å². The number of thiocarbonyl (C=S) groups is 1. The predicted octanol–water partition coefficient (Wildman–Crippen LogP) is 5.82. The molecule has 0 fully saturated rings. The largest absolute Gasteiger partial charge is 0.460 e. The summed E-state index contributed by atoms with van der Waals surface area (Å²) in [5.41, 5.74) is 3.52. The van der Waals surface area contributed by atoms with Crippen molar-refractivity contribution < 1.29 is 35.5 Å². The molecule has 0 unspecified atom stereocenters. The second kappa shape index (κ2) is 9.91. The Hall–Kier alpha value is -2.93. The molecule has 0 aliphatic carbocycles. The Kier molecular flexibility index (Phi) is 7.91. The minimum atomic E-state index is -6.61. The maximum absolute atomic E-state index is 13.4. The van der Waals surface area contributed by atoms with E-state index in [2.05, 4.69) is 15.8 Å². The topological polar surface area (TPSA) is 65.5 Å². The standard InChI is InChI=1S/C19H14ClF7N4OS/c1-10(30-31-16(33)29-14-8-4-12(20)5-9-14)11-2-6-13(7-3-11)28-15(32)17(21,22)18(23,24)19(25,26)27/h2-9H,1H3,(H,28,32)(H2,29,31,33)/b30-10+. The Bertz CT molecular complexity index is 1040. The van der Waals surface area contributed by atoms with Crippen LogP contribution in [0.5, 0.6) is 0 Å². The summed E-state index contributed by atoms with van der Waals surface area (Å²) in [6, 6.07) is 11.2. The number of amides is 1. The first-order valence-corrected chi connectivity index (χ1v) is 9.55. The van der Waals surface area contributed by atoms with Crippen molar-refractivity contribution in [3.63, 3.8) is 0 Å². The average molecular weight is 515 g/mol. The number of halogens is 8. The molecule has 0 saturated heterocycles.